The van der Waals surface area contributed by atoms with Crippen LogP contribution in [0.2, 0.25) is 0 Å². The number of aliphatic hydroxyl groups is 2. The zero-order valence-corrected chi connectivity index (χ0v) is 19.2. The Balaban J connectivity index is 1.90. The van der Waals surface area contributed by atoms with Gasteiger partial charge in [0, 0.05) is 29.7 Å². The van der Waals surface area contributed by atoms with Crippen LogP contribution in [0.4, 0.5) is 0 Å². The van der Waals surface area contributed by atoms with E-state index in [1.165, 1.54) is 6.92 Å². The van der Waals surface area contributed by atoms with E-state index in [-0.39, 0.29) is 24.5 Å². The van der Waals surface area contributed by atoms with Gasteiger partial charge in [-0.25, -0.2) is 0 Å². The number of carbonyl (C=O) groups excluding carboxylic acids is 3. The highest BCUT2D eigenvalue weighted by Crippen LogP contribution is 2.77. The van der Waals surface area contributed by atoms with Gasteiger partial charge < -0.3 is 19.7 Å². The maximum Gasteiger partial charge on any atom is 0.305 e. The first-order valence-corrected chi connectivity index (χ1v) is 11.3. The molecule has 7 nitrogen and oxygen atoms in total. The standard InChI is InChI=1S/C25H32O7/c1-6-18(27)31-13-23(5)17(32-14(3)26)10-15-11-24(15)21(23)20(29)19(28)16-12-22(4,7-2)8-9-25(16,24)30/h7,12,15,17,29-30H,2,6,8-11,13H2,1,3-5H3. The molecule has 0 aromatic rings. The van der Waals surface area contributed by atoms with Crippen molar-refractivity contribution >= 4 is 17.7 Å². The number of Topliss-reactive ketones (excluding diaryl/α,β-unsaturated/α-hetero) is 1. The number of ether oxygens (including phenoxy) is 2. The van der Waals surface area contributed by atoms with E-state index >= 15 is 0 Å². The first-order chi connectivity index (χ1) is 14.9. The number of hydrogen-bond acceptors (Lipinski definition) is 7. The Labute approximate surface area is 188 Å². The maximum absolute atomic E-state index is 13.4. The van der Waals surface area contributed by atoms with Crippen molar-refractivity contribution in [2.24, 2.45) is 22.2 Å². The van der Waals surface area contributed by atoms with E-state index in [0.717, 1.165) is 0 Å². The van der Waals surface area contributed by atoms with Crippen molar-refractivity contribution in [1.82, 2.24) is 0 Å². The van der Waals surface area contributed by atoms with Crippen LogP contribution in [0.3, 0.4) is 0 Å². The lowest BCUT2D eigenvalue weighted by molar-refractivity contribution is -0.165. The van der Waals surface area contributed by atoms with Crippen molar-refractivity contribution < 1.29 is 34.1 Å². The van der Waals surface area contributed by atoms with Crippen molar-refractivity contribution in [3.63, 3.8) is 0 Å². The Kier molecular flexibility index (Phi) is 5.01. The molecule has 6 unspecified atom stereocenters. The average molecular weight is 445 g/mol. The maximum atomic E-state index is 13.4. The van der Waals surface area contributed by atoms with Gasteiger partial charge in [0.05, 0.1) is 5.41 Å². The molecule has 32 heavy (non-hydrogen) atoms. The van der Waals surface area contributed by atoms with Gasteiger partial charge >= 0.3 is 11.9 Å². The highest BCUT2D eigenvalue weighted by Gasteiger charge is 2.79. The Bertz CT molecular complexity index is 977. The second-order valence-corrected chi connectivity index (χ2v) is 10.3. The average Bonchev–Trinajstić information content (AvgIpc) is 3.47. The van der Waals surface area contributed by atoms with Gasteiger partial charge in [-0.3, -0.25) is 14.4 Å². The van der Waals surface area contributed by atoms with E-state index < -0.39 is 51.4 Å². The van der Waals surface area contributed by atoms with Gasteiger partial charge in [-0.1, -0.05) is 26.0 Å². The predicted octanol–water partition coefficient (Wildman–Crippen LogP) is 3.33. The fraction of sp³-hybridized carbons (Fsp3) is 0.640. The molecule has 4 aliphatic carbocycles. The Morgan fingerprint density at radius 3 is 2.59 bits per heavy atom. The monoisotopic (exact) mass is 444 g/mol. The molecule has 0 aromatic heterocycles. The lowest BCUT2D eigenvalue weighted by Gasteiger charge is -2.55. The van der Waals surface area contributed by atoms with Crippen LogP contribution in [0.5, 0.6) is 0 Å². The molecule has 0 radical (unpaired) electrons. The molecule has 0 aromatic carbocycles. The van der Waals surface area contributed by atoms with E-state index in [1.807, 2.05) is 6.92 Å². The number of hydrogen-bond donors (Lipinski definition) is 2. The van der Waals surface area contributed by atoms with Crippen LogP contribution < -0.4 is 0 Å². The van der Waals surface area contributed by atoms with Crippen molar-refractivity contribution in [2.45, 2.75) is 71.5 Å². The fourth-order valence-electron chi connectivity index (χ4n) is 6.41. The zero-order valence-electron chi connectivity index (χ0n) is 19.2. The molecule has 4 aliphatic rings. The number of allylic oxidation sites excluding steroid dienone is 3. The third-order valence-corrected chi connectivity index (χ3v) is 8.31. The van der Waals surface area contributed by atoms with E-state index in [4.69, 9.17) is 9.47 Å². The van der Waals surface area contributed by atoms with Crippen molar-refractivity contribution in [1.29, 1.82) is 0 Å². The third kappa shape index (κ3) is 2.86. The Morgan fingerprint density at radius 2 is 2.00 bits per heavy atom. The number of aliphatic hydroxyl groups excluding tert-OH is 1. The number of ketones is 1. The van der Waals surface area contributed by atoms with Gasteiger partial charge in [-0.2, -0.15) is 0 Å². The van der Waals surface area contributed by atoms with Gasteiger partial charge in [0.15, 0.2) is 5.76 Å². The normalized spacial score (nSPS) is 42.2. The van der Waals surface area contributed by atoms with E-state index in [9.17, 15) is 24.6 Å². The van der Waals surface area contributed by atoms with Crippen molar-refractivity contribution in [3.8, 4) is 0 Å². The van der Waals surface area contributed by atoms with Crippen LogP contribution in [-0.2, 0) is 23.9 Å². The second-order valence-electron chi connectivity index (χ2n) is 10.3. The van der Waals surface area contributed by atoms with Crippen LogP contribution in [0.15, 0.2) is 35.6 Å². The molecule has 2 N–H and O–H groups in total. The fourth-order valence-corrected chi connectivity index (χ4v) is 6.41. The van der Waals surface area contributed by atoms with Crippen LogP contribution in [0.1, 0.15) is 59.8 Å². The molecule has 0 saturated heterocycles. The summed E-state index contributed by atoms with van der Waals surface area (Å²) in [4.78, 5) is 37.3. The largest absolute Gasteiger partial charge is 0.504 e. The minimum Gasteiger partial charge on any atom is -0.504 e. The van der Waals surface area contributed by atoms with Crippen LogP contribution >= 0.6 is 0 Å². The summed E-state index contributed by atoms with van der Waals surface area (Å²) in [5.74, 6) is -2.03. The summed E-state index contributed by atoms with van der Waals surface area (Å²) in [5.41, 5.74) is -3.29. The summed E-state index contributed by atoms with van der Waals surface area (Å²) < 4.78 is 11.1. The molecule has 1 spiro atoms. The summed E-state index contributed by atoms with van der Waals surface area (Å²) in [6.45, 7) is 10.4. The van der Waals surface area contributed by atoms with E-state index in [0.29, 0.717) is 31.3 Å². The lowest BCUT2D eigenvalue weighted by atomic mass is 9.51. The Morgan fingerprint density at radius 1 is 1.31 bits per heavy atom. The molecule has 174 valence electrons. The minimum absolute atomic E-state index is 0.0615. The second kappa shape index (κ2) is 7.04. The lowest BCUT2D eigenvalue weighted by Crippen LogP contribution is -2.60. The topological polar surface area (TPSA) is 110 Å². The number of rotatable bonds is 5. The van der Waals surface area contributed by atoms with Gasteiger partial charge in [0.2, 0.25) is 5.78 Å². The van der Waals surface area contributed by atoms with Gasteiger partial charge in [0.1, 0.15) is 18.3 Å². The molecular formula is C25H32O7. The molecule has 7 heteroatoms. The van der Waals surface area contributed by atoms with Gasteiger partial charge in [0.25, 0.3) is 0 Å². The molecule has 2 saturated carbocycles. The first kappa shape index (κ1) is 22.8. The highest BCUT2D eigenvalue weighted by molar-refractivity contribution is 6.11. The Hall–Kier alpha value is -2.41. The molecule has 0 heterocycles. The quantitative estimate of drug-likeness (QED) is 0.494. The molecule has 0 bridgehead atoms. The van der Waals surface area contributed by atoms with Crippen molar-refractivity contribution in [2.75, 3.05) is 6.61 Å². The molecule has 4 rings (SSSR count). The summed E-state index contributed by atoms with van der Waals surface area (Å²) in [6.07, 6.45) is 4.97. The van der Waals surface area contributed by atoms with E-state index in [2.05, 4.69) is 6.58 Å². The first-order valence-electron chi connectivity index (χ1n) is 11.3. The molecule has 6 atom stereocenters. The summed E-state index contributed by atoms with van der Waals surface area (Å²) in [6, 6.07) is 0. The molecular weight excluding hydrogens is 412 g/mol. The number of carbonyl (C=O) groups is 3. The van der Waals surface area contributed by atoms with E-state index in [1.54, 1.807) is 26.0 Å². The molecule has 2 fully saturated rings. The van der Waals surface area contributed by atoms with Crippen LogP contribution in [0.25, 0.3) is 0 Å². The minimum atomic E-state index is -1.43. The summed E-state index contributed by atoms with van der Waals surface area (Å²) in [5, 5.41) is 23.3. The molecule has 0 aliphatic heterocycles. The SMILES string of the molecule is C=CC1(C)C=C2C(=O)C(O)=C3C(C)(COC(=O)CC)C(OC(C)=O)CC4CC34C2(O)CC1. The van der Waals surface area contributed by atoms with Gasteiger partial charge in [-0.05, 0) is 44.1 Å². The smallest absolute Gasteiger partial charge is 0.305 e. The highest BCUT2D eigenvalue weighted by atomic mass is 16.6. The van der Waals surface area contributed by atoms with Crippen LogP contribution in [-0.4, -0.2) is 46.2 Å². The third-order valence-electron chi connectivity index (χ3n) is 8.31. The number of fused-ring (bicyclic) bond motifs is 1. The van der Waals surface area contributed by atoms with Crippen molar-refractivity contribution in [3.05, 3.63) is 35.6 Å². The number of esters is 2. The summed E-state index contributed by atoms with van der Waals surface area (Å²) in [7, 11) is 0. The summed E-state index contributed by atoms with van der Waals surface area (Å²) >= 11 is 0. The van der Waals surface area contributed by atoms with Gasteiger partial charge in [-0.15, -0.1) is 6.58 Å². The predicted molar refractivity (Wildman–Crippen MR) is 115 cm³/mol. The van der Waals surface area contributed by atoms with Crippen LogP contribution in [0, 0.1) is 22.2 Å². The zero-order chi connectivity index (χ0) is 23.7. The molecule has 0 amide bonds.